The Labute approximate surface area is 152 Å². The molecule has 1 heterocycles. The van der Waals surface area contributed by atoms with Gasteiger partial charge in [-0.3, -0.25) is 9.69 Å². The molecule has 4 nitrogen and oxygen atoms in total. The smallest absolute Gasteiger partial charge is 0.251 e. The molecule has 0 aliphatic carbocycles. The second-order valence-electron chi connectivity index (χ2n) is 7.39. The van der Waals surface area contributed by atoms with Crippen LogP contribution in [0.3, 0.4) is 0 Å². The molecule has 0 atom stereocenters. The van der Waals surface area contributed by atoms with Crippen LogP contribution in [0.15, 0.2) is 24.3 Å². The summed E-state index contributed by atoms with van der Waals surface area (Å²) >= 11 is 0. The van der Waals surface area contributed by atoms with Gasteiger partial charge in [-0.15, -0.1) is 0 Å². The zero-order valence-electron chi connectivity index (χ0n) is 16.1. The summed E-state index contributed by atoms with van der Waals surface area (Å²) in [5, 5.41) is 12.5. The summed E-state index contributed by atoms with van der Waals surface area (Å²) < 4.78 is 0. The summed E-state index contributed by atoms with van der Waals surface area (Å²) in [5.41, 5.74) is 1.89. The topological polar surface area (TPSA) is 52.6 Å². The Kier molecular flexibility index (Phi) is 7.45. The first-order valence-electron chi connectivity index (χ1n) is 9.80. The standard InChI is InChI=1S/C21H34N2O2/c1-4-21(5-2,6-3)22-20(25)19-9-7-17(8-10-19)15-23-13-11-18(16-24)12-14-23/h7-10,18,24H,4-6,11-16H2,1-3H3,(H,22,25). The van der Waals surface area contributed by atoms with Gasteiger partial charge >= 0.3 is 0 Å². The first-order chi connectivity index (χ1) is 12.1. The van der Waals surface area contributed by atoms with E-state index in [-0.39, 0.29) is 11.4 Å². The number of rotatable bonds is 8. The first kappa shape index (κ1) is 19.9. The summed E-state index contributed by atoms with van der Waals surface area (Å²) in [6.45, 7) is 9.72. The highest BCUT2D eigenvalue weighted by Crippen LogP contribution is 2.21. The Morgan fingerprint density at radius 2 is 1.68 bits per heavy atom. The van der Waals surface area contributed by atoms with Crippen LogP contribution in [0.4, 0.5) is 0 Å². The summed E-state index contributed by atoms with van der Waals surface area (Å²) in [5.74, 6) is 0.499. The second kappa shape index (κ2) is 9.35. The van der Waals surface area contributed by atoms with Gasteiger partial charge in [0.1, 0.15) is 0 Å². The van der Waals surface area contributed by atoms with E-state index in [0.29, 0.717) is 12.5 Å². The molecular formula is C21H34N2O2. The van der Waals surface area contributed by atoms with Crippen LogP contribution in [0.25, 0.3) is 0 Å². The van der Waals surface area contributed by atoms with E-state index >= 15 is 0 Å². The van der Waals surface area contributed by atoms with Gasteiger partial charge in [0.2, 0.25) is 0 Å². The van der Waals surface area contributed by atoms with Crippen LogP contribution in [0.2, 0.25) is 0 Å². The van der Waals surface area contributed by atoms with Gasteiger partial charge in [0.05, 0.1) is 0 Å². The summed E-state index contributed by atoms with van der Waals surface area (Å²) in [6.07, 6.45) is 5.00. The van der Waals surface area contributed by atoms with E-state index in [2.05, 4.69) is 43.1 Å². The first-order valence-corrected chi connectivity index (χ1v) is 9.80. The maximum absolute atomic E-state index is 12.6. The molecule has 1 fully saturated rings. The van der Waals surface area contributed by atoms with Gasteiger partial charge in [0.25, 0.3) is 5.91 Å². The van der Waals surface area contributed by atoms with Crippen molar-refractivity contribution >= 4 is 5.91 Å². The largest absolute Gasteiger partial charge is 0.396 e. The SMILES string of the molecule is CCC(CC)(CC)NC(=O)c1ccc(CN2CCC(CO)CC2)cc1. The van der Waals surface area contributed by atoms with Gasteiger partial charge in [-0.1, -0.05) is 32.9 Å². The fourth-order valence-corrected chi connectivity index (χ4v) is 3.68. The number of nitrogens with one attached hydrogen (secondary N) is 1. The Bertz CT molecular complexity index is 521. The predicted molar refractivity (Wildman–Crippen MR) is 103 cm³/mol. The fourth-order valence-electron chi connectivity index (χ4n) is 3.68. The Morgan fingerprint density at radius 1 is 1.12 bits per heavy atom. The highest BCUT2D eigenvalue weighted by Gasteiger charge is 2.26. The Balaban J connectivity index is 1.92. The van der Waals surface area contributed by atoms with Crippen molar-refractivity contribution in [1.82, 2.24) is 10.2 Å². The number of hydrogen-bond donors (Lipinski definition) is 2. The quantitative estimate of drug-likeness (QED) is 0.756. The molecule has 140 valence electrons. The molecule has 0 bridgehead atoms. The zero-order valence-corrected chi connectivity index (χ0v) is 16.1. The second-order valence-corrected chi connectivity index (χ2v) is 7.39. The van der Waals surface area contributed by atoms with E-state index in [1.54, 1.807) is 0 Å². The molecule has 2 rings (SSSR count). The maximum Gasteiger partial charge on any atom is 0.251 e. The fraction of sp³-hybridized carbons (Fsp3) is 0.667. The van der Waals surface area contributed by atoms with Gasteiger partial charge in [0.15, 0.2) is 0 Å². The molecule has 0 aromatic heterocycles. The van der Waals surface area contributed by atoms with Crippen molar-refractivity contribution in [3.05, 3.63) is 35.4 Å². The lowest BCUT2D eigenvalue weighted by atomic mass is 9.89. The van der Waals surface area contributed by atoms with Crippen LogP contribution >= 0.6 is 0 Å². The summed E-state index contributed by atoms with van der Waals surface area (Å²) in [4.78, 5) is 15.0. The number of nitrogens with zero attached hydrogens (tertiary/aromatic N) is 1. The summed E-state index contributed by atoms with van der Waals surface area (Å²) in [6, 6.07) is 8.02. The molecule has 1 aromatic rings. The van der Waals surface area contributed by atoms with Crippen molar-refractivity contribution in [3.63, 3.8) is 0 Å². The van der Waals surface area contributed by atoms with Crippen molar-refractivity contribution < 1.29 is 9.90 Å². The number of likely N-dealkylation sites (tertiary alicyclic amines) is 1. The predicted octanol–water partition coefficient (Wildman–Crippen LogP) is 3.59. The third kappa shape index (κ3) is 5.29. The van der Waals surface area contributed by atoms with Crippen LogP contribution < -0.4 is 5.32 Å². The lowest BCUT2D eigenvalue weighted by molar-refractivity contribution is 0.0888. The van der Waals surface area contributed by atoms with E-state index in [1.807, 2.05) is 12.1 Å². The van der Waals surface area contributed by atoms with Gasteiger partial charge < -0.3 is 10.4 Å². The molecule has 25 heavy (non-hydrogen) atoms. The average molecular weight is 347 g/mol. The van der Waals surface area contributed by atoms with Crippen LogP contribution in [0, 0.1) is 5.92 Å². The molecule has 2 N–H and O–H groups in total. The van der Waals surface area contributed by atoms with Crippen LogP contribution in [0.1, 0.15) is 68.8 Å². The van der Waals surface area contributed by atoms with Crippen molar-refractivity contribution in [3.8, 4) is 0 Å². The van der Waals surface area contributed by atoms with E-state index in [9.17, 15) is 9.90 Å². The zero-order chi connectivity index (χ0) is 18.3. The number of carbonyl (C=O) groups is 1. The number of benzene rings is 1. The van der Waals surface area contributed by atoms with Gasteiger partial charge in [-0.2, -0.15) is 0 Å². The highest BCUT2D eigenvalue weighted by molar-refractivity contribution is 5.94. The van der Waals surface area contributed by atoms with Gasteiger partial charge in [-0.05, 0) is 68.8 Å². The van der Waals surface area contributed by atoms with E-state index in [1.165, 1.54) is 5.56 Å². The molecule has 4 heteroatoms. The molecule has 1 saturated heterocycles. The van der Waals surface area contributed by atoms with E-state index in [4.69, 9.17) is 0 Å². The van der Waals surface area contributed by atoms with Gasteiger partial charge in [0, 0.05) is 24.3 Å². The Hall–Kier alpha value is -1.39. The minimum atomic E-state index is -0.0905. The lowest BCUT2D eigenvalue weighted by Gasteiger charge is -2.32. The molecule has 0 radical (unpaired) electrons. The molecule has 1 aliphatic heterocycles. The lowest BCUT2D eigenvalue weighted by Crippen LogP contribution is -2.47. The highest BCUT2D eigenvalue weighted by atomic mass is 16.3. The molecule has 0 unspecified atom stereocenters. The molecule has 1 aliphatic rings. The van der Waals surface area contributed by atoms with Gasteiger partial charge in [-0.25, -0.2) is 0 Å². The monoisotopic (exact) mass is 346 g/mol. The maximum atomic E-state index is 12.6. The van der Waals surface area contributed by atoms with Crippen molar-refractivity contribution in [2.24, 2.45) is 5.92 Å². The van der Waals surface area contributed by atoms with E-state index in [0.717, 1.165) is 57.3 Å². The van der Waals surface area contributed by atoms with Crippen molar-refractivity contribution in [2.45, 2.75) is 65.0 Å². The number of amides is 1. The van der Waals surface area contributed by atoms with Crippen molar-refractivity contribution in [2.75, 3.05) is 19.7 Å². The minimum Gasteiger partial charge on any atom is -0.396 e. The molecule has 1 aromatic carbocycles. The Morgan fingerprint density at radius 3 is 2.16 bits per heavy atom. The number of aliphatic hydroxyl groups is 1. The number of hydrogen-bond acceptors (Lipinski definition) is 3. The van der Waals surface area contributed by atoms with Crippen LogP contribution in [0.5, 0.6) is 0 Å². The minimum absolute atomic E-state index is 0.0286. The number of aliphatic hydroxyl groups excluding tert-OH is 1. The van der Waals surface area contributed by atoms with Crippen LogP contribution in [-0.4, -0.2) is 41.1 Å². The number of carbonyl (C=O) groups excluding carboxylic acids is 1. The molecule has 1 amide bonds. The normalized spacial score (nSPS) is 16.8. The summed E-state index contributed by atoms with van der Waals surface area (Å²) in [7, 11) is 0. The van der Waals surface area contributed by atoms with Crippen LogP contribution in [-0.2, 0) is 6.54 Å². The molecular weight excluding hydrogens is 312 g/mol. The molecule has 0 spiro atoms. The molecule has 0 saturated carbocycles. The van der Waals surface area contributed by atoms with Crippen molar-refractivity contribution in [1.29, 1.82) is 0 Å². The third-order valence-corrected chi connectivity index (χ3v) is 6.00. The third-order valence-electron chi connectivity index (χ3n) is 6.00. The number of piperidine rings is 1. The van der Waals surface area contributed by atoms with E-state index < -0.39 is 0 Å². The average Bonchev–Trinajstić information content (AvgIpc) is 2.67.